The minimum atomic E-state index is -0.425. The van der Waals surface area contributed by atoms with E-state index in [-0.39, 0.29) is 6.04 Å². The van der Waals surface area contributed by atoms with E-state index in [1.54, 1.807) is 14.2 Å². The molecular weight excluding hydrogens is 330 g/mol. The van der Waals surface area contributed by atoms with Crippen molar-refractivity contribution in [2.24, 2.45) is 4.99 Å². The number of hydrogen-bond donors (Lipinski definition) is 0. The summed E-state index contributed by atoms with van der Waals surface area (Å²) in [6, 6.07) is 14.9. The van der Waals surface area contributed by atoms with Crippen LogP contribution in [0.1, 0.15) is 36.9 Å². The molecule has 26 heavy (non-hydrogen) atoms. The van der Waals surface area contributed by atoms with E-state index in [4.69, 9.17) is 14.2 Å². The van der Waals surface area contributed by atoms with Gasteiger partial charge >= 0.3 is 5.97 Å². The third-order valence-electron chi connectivity index (χ3n) is 3.93. The van der Waals surface area contributed by atoms with Crippen LogP contribution in [-0.2, 0) is 9.53 Å². The molecule has 5 nitrogen and oxygen atoms in total. The molecule has 0 aliphatic rings. The van der Waals surface area contributed by atoms with E-state index < -0.39 is 5.97 Å². The van der Waals surface area contributed by atoms with Gasteiger partial charge in [-0.1, -0.05) is 37.6 Å². The number of methoxy groups -OCH3 is 2. The SMILES string of the molecule is CCCCOC(=O)C=NC(c1ccc(OC)cc1)c1ccc(OC)cc1. The molecule has 2 aromatic carbocycles. The van der Waals surface area contributed by atoms with Gasteiger partial charge in [-0.15, -0.1) is 0 Å². The second-order valence-electron chi connectivity index (χ2n) is 5.75. The van der Waals surface area contributed by atoms with E-state index in [1.165, 1.54) is 6.21 Å². The standard InChI is InChI=1S/C21H25NO4/c1-4-5-14-26-20(23)15-22-21(16-6-10-18(24-2)11-7-16)17-8-12-19(25-3)13-9-17/h6-13,15,21H,4-5,14H2,1-3H3. The quantitative estimate of drug-likeness (QED) is 0.384. The zero-order chi connectivity index (χ0) is 18.8. The Balaban J connectivity index is 2.23. The van der Waals surface area contributed by atoms with Crippen LogP contribution in [0.5, 0.6) is 11.5 Å². The normalized spacial score (nSPS) is 10.9. The van der Waals surface area contributed by atoms with Crippen LogP contribution in [0.4, 0.5) is 0 Å². The largest absolute Gasteiger partial charge is 0.497 e. The molecule has 2 aromatic rings. The van der Waals surface area contributed by atoms with E-state index in [0.29, 0.717) is 6.61 Å². The summed E-state index contributed by atoms with van der Waals surface area (Å²) in [5.41, 5.74) is 1.90. The van der Waals surface area contributed by atoms with Gasteiger partial charge in [0.25, 0.3) is 0 Å². The van der Waals surface area contributed by atoms with E-state index in [0.717, 1.165) is 35.5 Å². The Morgan fingerprint density at radius 3 is 1.88 bits per heavy atom. The van der Waals surface area contributed by atoms with Gasteiger partial charge in [0.2, 0.25) is 0 Å². The van der Waals surface area contributed by atoms with Crippen LogP contribution in [0, 0.1) is 0 Å². The molecule has 2 rings (SSSR count). The Morgan fingerprint density at radius 1 is 0.962 bits per heavy atom. The van der Waals surface area contributed by atoms with Crippen molar-refractivity contribution < 1.29 is 19.0 Å². The number of carbonyl (C=O) groups excluding carboxylic acids is 1. The number of hydrogen-bond acceptors (Lipinski definition) is 5. The molecule has 0 unspecified atom stereocenters. The molecule has 0 fully saturated rings. The second kappa shape index (κ2) is 10.2. The molecule has 0 aromatic heterocycles. The summed E-state index contributed by atoms with van der Waals surface area (Å²) < 4.78 is 15.6. The molecule has 0 saturated heterocycles. The van der Waals surface area contributed by atoms with Crippen LogP contribution in [0.25, 0.3) is 0 Å². The minimum Gasteiger partial charge on any atom is -0.497 e. The monoisotopic (exact) mass is 355 g/mol. The first-order valence-corrected chi connectivity index (χ1v) is 8.65. The van der Waals surface area contributed by atoms with Crippen LogP contribution in [-0.4, -0.2) is 33.0 Å². The molecule has 0 aliphatic carbocycles. The van der Waals surface area contributed by atoms with Gasteiger partial charge in [0.15, 0.2) is 0 Å². The number of aliphatic imine (C=N–C) groups is 1. The first-order valence-electron chi connectivity index (χ1n) is 8.65. The van der Waals surface area contributed by atoms with Crippen molar-refractivity contribution in [3.8, 4) is 11.5 Å². The summed E-state index contributed by atoms with van der Waals surface area (Å²) in [6.45, 7) is 2.46. The van der Waals surface area contributed by atoms with Gasteiger partial charge in [-0.25, -0.2) is 4.79 Å². The first kappa shape index (κ1) is 19.5. The Morgan fingerprint density at radius 2 is 1.46 bits per heavy atom. The van der Waals surface area contributed by atoms with Crippen molar-refractivity contribution in [3.05, 3.63) is 59.7 Å². The fourth-order valence-corrected chi connectivity index (χ4v) is 2.43. The lowest BCUT2D eigenvalue weighted by Gasteiger charge is -2.14. The van der Waals surface area contributed by atoms with Gasteiger partial charge in [0.1, 0.15) is 23.8 Å². The lowest BCUT2D eigenvalue weighted by molar-refractivity contribution is -0.135. The fourth-order valence-electron chi connectivity index (χ4n) is 2.43. The van der Waals surface area contributed by atoms with Gasteiger partial charge in [-0.3, -0.25) is 4.99 Å². The van der Waals surface area contributed by atoms with Crippen molar-refractivity contribution in [3.63, 3.8) is 0 Å². The summed E-state index contributed by atoms with van der Waals surface area (Å²) in [7, 11) is 3.25. The number of carbonyl (C=O) groups is 1. The number of nitrogens with zero attached hydrogens (tertiary/aromatic N) is 1. The molecule has 0 bridgehead atoms. The topological polar surface area (TPSA) is 57.1 Å². The molecule has 0 amide bonds. The number of unbranched alkanes of at least 4 members (excludes halogenated alkanes) is 1. The van der Waals surface area contributed by atoms with Gasteiger partial charge in [-0.2, -0.15) is 0 Å². The Hall–Kier alpha value is -2.82. The molecule has 0 radical (unpaired) electrons. The van der Waals surface area contributed by atoms with Crippen molar-refractivity contribution >= 4 is 12.2 Å². The second-order valence-corrected chi connectivity index (χ2v) is 5.75. The van der Waals surface area contributed by atoms with Crippen molar-refractivity contribution in [1.82, 2.24) is 0 Å². The number of esters is 1. The highest BCUT2D eigenvalue weighted by Crippen LogP contribution is 2.28. The maximum Gasteiger partial charge on any atom is 0.348 e. The molecule has 0 aliphatic heterocycles. The summed E-state index contributed by atoms with van der Waals surface area (Å²) in [6.07, 6.45) is 3.08. The van der Waals surface area contributed by atoms with Crippen molar-refractivity contribution in [1.29, 1.82) is 0 Å². The zero-order valence-electron chi connectivity index (χ0n) is 15.5. The third kappa shape index (κ3) is 5.62. The molecule has 0 spiro atoms. The van der Waals surface area contributed by atoms with Crippen LogP contribution in [0.3, 0.4) is 0 Å². The molecule has 138 valence electrons. The van der Waals surface area contributed by atoms with Crippen LogP contribution in [0.15, 0.2) is 53.5 Å². The van der Waals surface area contributed by atoms with E-state index in [9.17, 15) is 4.79 Å². The Kier molecular flexibility index (Phi) is 7.68. The highest BCUT2D eigenvalue weighted by atomic mass is 16.5. The lowest BCUT2D eigenvalue weighted by atomic mass is 9.99. The number of ether oxygens (including phenoxy) is 3. The third-order valence-corrected chi connectivity index (χ3v) is 3.93. The van der Waals surface area contributed by atoms with E-state index >= 15 is 0 Å². The molecule has 0 N–H and O–H groups in total. The number of benzene rings is 2. The van der Waals surface area contributed by atoms with Gasteiger partial charge in [-0.05, 0) is 41.8 Å². The predicted octanol–water partition coefficient (Wildman–Crippen LogP) is 4.21. The van der Waals surface area contributed by atoms with Crippen molar-refractivity contribution in [2.75, 3.05) is 20.8 Å². The van der Waals surface area contributed by atoms with Gasteiger partial charge in [0.05, 0.1) is 20.8 Å². The van der Waals surface area contributed by atoms with Gasteiger partial charge < -0.3 is 14.2 Å². The summed E-state index contributed by atoms with van der Waals surface area (Å²) in [5.74, 6) is 1.11. The predicted molar refractivity (Wildman–Crippen MR) is 102 cm³/mol. The average molecular weight is 355 g/mol. The highest BCUT2D eigenvalue weighted by Gasteiger charge is 2.14. The maximum atomic E-state index is 11.9. The molecule has 5 heteroatoms. The first-order chi connectivity index (χ1) is 12.7. The molecule has 0 heterocycles. The lowest BCUT2D eigenvalue weighted by Crippen LogP contribution is -2.08. The maximum absolute atomic E-state index is 11.9. The molecule has 0 atom stereocenters. The fraction of sp³-hybridized carbons (Fsp3) is 0.333. The Labute approximate surface area is 154 Å². The zero-order valence-corrected chi connectivity index (χ0v) is 15.5. The molecular formula is C21H25NO4. The van der Waals surface area contributed by atoms with E-state index in [1.807, 2.05) is 55.5 Å². The van der Waals surface area contributed by atoms with Crippen LogP contribution >= 0.6 is 0 Å². The van der Waals surface area contributed by atoms with Gasteiger partial charge in [0, 0.05) is 0 Å². The van der Waals surface area contributed by atoms with Crippen LogP contribution in [0.2, 0.25) is 0 Å². The molecule has 0 saturated carbocycles. The van der Waals surface area contributed by atoms with Crippen LogP contribution < -0.4 is 9.47 Å². The summed E-state index contributed by atoms with van der Waals surface area (Å²) in [4.78, 5) is 16.3. The number of rotatable bonds is 9. The Bertz CT molecular complexity index is 660. The van der Waals surface area contributed by atoms with Crippen molar-refractivity contribution in [2.45, 2.75) is 25.8 Å². The average Bonchev–Trinajstić information content (AvgIpc) is 2.69. The summed E-state index contributed by atoms with van der Waals surface area (Å²) >= 11 is 0. The highest BCUT2D eigenvalue weighted by molar-refractivity contribution is 6.23. The summed E-state index contributed by atoms with van der Waals surface area (Å²) in [5, 5.41) is 0. The minimum absolute atomic E-state index is 0.314. The smallest absolute Gasteiger partial charge is 0.348 e. The van der Waals surface area contributed by atoms with E-state index in [2.05, 4.69) is 4.99 Å².